The van der Waals surface area contributed by atoms with Gasteiger partial charge in [0.05, 0.1) is 19.8 Å². The number of esters is 1. The number of ether oxygens (including phenoxy) is 3. The molecule has 0 spiro atoms. The van der Waals surface area contributed by atoms with Crippen molar-refractivity contribution in [3.05, 3.63) is 77.7 Å². The van der Waals surface area contributed by atoms with Crippen molar-refractivity contribution in [3.63, 3.8) is 0 Å². The monoisotopic (exact) mass is 455 g/mol. The van der Waals surface area contributed by atoms with Crippen LogP contribution in [0.4, 0.5) is 5.82 Å². The number of aromatic nitrogens is 2. The maximum atomic E-state index is 12.7. The Bertz CT molecular complexity index is 1350. The van der Waals surface area contributed by atoms with Crippen LogP contribution in [-0.4, -0.2) is 36.7 Å². The summed E-state index contributed by atoms with van der Waals surface area (Å²) in [6.45, 7) is 3.90. The van der Waals surface area contributed by atoms with Crippen LogP contribution in [0.3, 0.4) is 0 Å². The van der Waals surface area contributed by atoms with Crippen LogP contribution in [0.25, 0.3) is 21.9 Å². The molecular weight excluding hydrogens is 430 g/mol. The van der Waals surface area contributed by atoms with Gasteiger partial charge in [-0.25, -0.2) is 9.78 Å². The quantitative estimate of drug-likeness (QED) is 0.363. The van der Waals surface area contributed by atoms with Gasteiger partial charge in [-0.3, -0.25) is 4.98 Å². The number of cyclic esters (lactones) is 1. The van der Waals surface area contributed by atoms with Crippen molar-refractivity contribution >= 4 is 22.6 Å². The maximum absolute atomic E-state index is 12.7. The highest BCUT2D eigenvalue weighted by molar-refractivity contribution is 6.11. The zero-order valence-corrected chi connectivity index (χ0v) is 19.4. The summed E-state index contributed by atoms with van der Waals surface area (Å²) in [4.78, 5) is 23.7. The Hall–Kier alpha value is -4.13. The van der Waals surface area contributed by atoms with Gasteiger partial charge in [-0.1, -0.05) is 0 Å². The number of rotatable bonds is 7. The zero-order valence-electron chi connectivity index (χ0n) is 19.4. The Morgan fingerprint density at radius 2 is 1.76 bits per heavy atom. The fourth-order valence-electron chi connectivity index (χ4n) is 4.43. The summed E-state index contributed by atoms with van der Waals surface area (Å²) in [7, 11) is 3.21. The first kappa shape index (κ1) is 21.7. The topological polar surface area (TPSA) is 73.8 Å². The third-order valence-corrected chi connectivity index (χ3v) is 6.15. The highest BCUT2D eigenvalue weighted by Crippen LogP contribution is 2.42. The minimum atomic E-state index is -0.321. The molecule has 5 rings (SSSR count). The fraction of sp³-hybridized carbons (Fsp3) is 0.222. The summed E-state index contributed by atoms with van der Waals surface area (Å²) in [5.41, 5.74) is 4.25. The molecule has 7 heteroatoms. The molecule has 0 bridgehead atoms. The third kappa shape index (κ3) is 3.79. The van der Waals surface area contributed by atoms with Crippen LogP contribution in [-0.2, 0) is 17.9 Å². The lowest BCUT2D eigenvalue weighted by Crippen LogP contribution is -2.22. The van der Waals surface area contributed by atoms with Crippen LogP contribution in [0.1, 0.15) is 28.4 Å². The van der Waals surface area contributed by atoms with Crippen LogP contribution in [0.2, 0.25) is 0 Å². The van der Waals surface area contributed by atoms with E-state index in [2.05, 4.69) is 16.8 Å². The summed E-state index contributed by atoms with van der Waals surface area (Å²) in [5, 5.41) is 1.83. The summed E-state index contributed by atoms with van der Waals surface area (Å²) in [6.07, 6.45) is 5.41. The van der Waals surface area contributed by atoms with Gasteiger partial charge < -0.3 is 19.1 Å². The van der Waals surface area contributed by atoms with Crippen molar-refractivity contribution in [3.8, 4) is 22.6 Å². The highest BCUT2D eigenvalue weighted by Gasteiger charge is 2.28. The largest absolute Gasteiger partial charge is 0.493 e. The Kier molecular flexibility index (Phi) is 5.76. The number of anilines is 1. The maximum Gasteiger partial charge on any atom is 0.339 e. The smallest absolute Gasteiger partial charge is 0.339 e. The van der Waals surface area contributed by atoms with E-state index in [1.54, 1.807) is 26.6 Å². The molecule has 0 aliphatic carbocycles. The number of carbonyl (C=O) groups excluding carboxylic acids is 1. The predicted octanol–water partition coefficient (Wildman–Crippen LogP) is 5.01. The van der Waals surface area contributed by atoms with Gasteiger partial charge in [0.2, 0.25) is 0 Å². The highest BCUT2D eigenvalue weighted by atomic mass is 16.5. The van der Waals surface area contributed by atoms with Gasteiger partial charge in [-0.05, 0) is 65.7 Å². The van der Waals surface area contributed by atoms with Crippen molar-refractivity contribution in [1.29, 1.82) is 0 Å². The molecule has 1 aliphatic rings. The molecule has 4 aromatic rings. The number of carbonyl (C=O) groups is 1. The molecule has 172 valence electrons. The Morgan fingerprint density at radius 3 is 2.44 bits per heavy atom. The molecule has 3 heterocycles. The van der Waals surface area contributed by atoms with Crippen molar-refractivity contribution in [2.75, 3.05) is 25.7 Å². The minimum Gasteiger partial charge on any atom is -0.493 e. The van der Waals surface area contributed by atoms with Crippen molar-refractivity contribution < 1.29 is 19.0 Å². The lowest BCUT2D eigenvalue weighted by molar-refractivity contribution is 0.0535. The predicted molar refractivity (Wildman–Crippen MR) is 130 cm³/mol. The number of methoxy groups -OCH3 is 2. The molecule has 0 saturated carbocycles. The summed E-state index contributed by atoms with van der Waals surface area (Å²) < 4.78 is 16.4. The van der Waals surface area contributed by atoms with Crippen LogP contribution in [0.5, 0.6) is 11.5 Å². The molecule has 0 fully saturated rings. The van der Waals surface area contributed by atoms with Gasteiger partial charge in [0.25, 0.3) is 0 Å². The number of fused-ring (bicyclic) bond motifs is 2. The molecule has 2 aromatic carbocycles. The van der Waals surface area contributed by atoms with Crippen LogP contribution in [0.15, 0.2) is 61.1 Å². The van der Waals surface area contributed by atoms with E-state index in [1.807, 2.05) is 48.7 Å². The number of hydrogen-bond donors (Lipinski definition) is 0. The van der Waals surface area contributed by atoms with Crippen molar-refractivity contribution in [1.82, 2.24) is 9.97 Å². The van der Waals surface area contributed by atoms with E-state index in [0.29, 0.717) is 17.1 Å². The molecule has 0 unspecified atom stereocenters. The standard InChI is InChI=1S/C27H25N3O4/c1-4-30(15-17-7-9-28-10-8-17)24-6-5-18(14-29-24)25-21-13-23(33-3)22(32-2)12-19(21)11-20-16-34-27(31)26(20)25/h5-14H,4,15-16H2,1-3H3. The number of pyridine rings is 2. The lowest BCUT2D eigenvalue weighted by atomic mass is 9.91. The first-order valence-corrected chi connectivity index (χ1v) is 11.1. The molecule has 34 heavy (non-hydrogen) atoms. The molecule has 0 atom stereocenters. The molecule has 0 N–H and O–H groups in total. The normalized spacial score (nSPS) is 12.4. The van der Waals surface area contributed by atoms with E-state index in [4.69, 9.17) is 19.2 Å². The second-order valence-corrected chi connectivity index (χ2v) is 8.06. The zero-order chi connectivity index (χ0) is 23.7. The molecule has 0 amide bonds. The van der Waals surface area contributed by atoms with Crippen molar-refractivity contribution in [2.45, 2.75) is 20.1 Å². The van der Waals surface area contributed by atoms with Gasteiger partial charge in [0.15, 0.2) is 11.5 Å². The van der Waals surface area contributed by atoms with Crippen molar-refractivity contribution in [2.24, 2.45) is 0 Å². The molecule has 0 radical (unpaired) electrons. The molecule has 2 aromatic heterocycles. The second-order valence-electron chi connectivity index (χ2n) is 8.06. The Morgan fingerprint density at radius 1 is 1.00 bits per heavy atom. The third-order valence-electron chi connectivity index (χ3n) is 6.15. The van der Waals surface area contributed by atoms with E-state index in [9.17, 15) is 4.79 Å². The van der Waals surface area contributed by atoms with Gasteiger partial charge in [0, 0.05) is 48.4 Å². The summed E-state index contributed by atoms with van der Waals surface area (Å²) in [5.74, 6) is 1.77. The van der Waals surface area contributed by atoms with E-state index in [1.165, 1.54) is 5.56 Å². The summed E-state index contributed by atoms with van der Waals surface area (Å²) >= 11 is 0. The van der Waals surface area contributed by atoms with Crippen LogP contribution >= 0.6 is 0 Å². The first-order chi connectivity index (χ1) is 16.6. The van der Waals surface area contributed by atoms with Gasteiger partial charge in [0.1, 0.15) is 12.4 Å². The first-order valence-electron chi connectivity index (χ1n) is 11.1. The molecular formula is C27H25N3O4. The number of benzene rings is 2. The van der Waals surface area contributed by atoms with E-state index in [0.717, 1.165) is 46.4 Å². The van der Waals surface area contributed by atoms with E-state index >= 15 is 0 Å². The van der Waals surface area contributed by atoms with Gasteiger partial charge in [-0.2, -0.15) is 0 Å². The second kappa shape index (κ2) is 9.02. The average molecular weight is 456 g/mol. The van der Waals surface area contributed by atoms with Gasteiger partial charge in [-0.15, -0.1) is 0 Å². The number of nitrogens with zero attached hydrogens (tertiary/aromatic N) is 3. The SMILES string of the molecule is CCN(Cc1ccncc1)c1ccc(-c2c3c(cc4cc(OC)c(OC)cc24)COC3=O)cn1. The van der Waals surface area contributed by atoms with Crippen LogP contribution < -0.4 is 14.4 Å². The Labute approximate surface area is 197 Å². The number of hydrogen-bond acceptors (Lipinski definition) is 7. The molecule has 7 nitrogen and oxygen atoms in total. The van der Waals surface area contributed by atoms with E-state index in [-0.39, 0.29) is 12.6 Å². The average Bonchev–Trinajstić information content (AvgIpc) is 3.25. The summed E-state index contributed by atoms with van der Waals surface area (Å²) in [6, 6.07) is 13.8. The Balaban J connectivity index is 1.61. The molecule has 1 aliphatic heterocycles. The van der Waals surface area contributed by atoms with Gasteiger partial charge >= 0.3 is 5.97 Å². The van der Waals surface area contributed by atoms with E-state index < -0.39 is 0 Å². The molecule has 0 saturated heterocycles. The fourth-order valence-corrected chi connectivity index (χ4v) is 4.43. The van der Waals surface area contributed by atoms with Crippen LogP contribution in [0, 0.1) is 0 Å². The minimum absolute atomic E-state index is 0.256. The lowest BCUT2D eigenvalue weighted by Gasteiger charge is -2.22.